The van der Waals surface area contributed by atoms with E-state index >= 15 is 0 Å². The minimum Gasteiger partial charge on any atom is -0.444 e. The van der Waals surface area contributed by atoms with Gasteiger partial charge in [0, 0.05) is 23.7 Å². The highest BCUT2D eigenvalue weighted by Gasteiger charge is 2.52. The van der Waals surface area contributed by atoms with E-state index in [0.29, 0.717) is 11.9 Å². The molecule has 0 radical (unpaired) electrons. The van der Waals surface area contributed by atoms with Gasteiger partial charge in [0.15, 0.2) is 0 Å². The Morgan fingerprint density at radius 2 is 1.80 bits per heavy atom. The minimum atomic E-state index is -0.517. The summed E-state index contributed by atoms with van der Waals surface area (Å²) >= 11 is 0. The van der Waals surface area contributed by atoms with Crippen LogP contribution in [0.1, 0.15) is 74.1 Å². The molecule has 9 heteroatoms. The highest BCUT2D eigenvalue weighted by atomic mass is 31.0. The first-order valence-corrected chi connectivity index (χ1v) is 13.0. The number of aromatic nitrogens is 1. The van der Waals surface area contributed by atoms with Gasteiger partial charge in [0.05, 0.1) is 11.2 Å². The molecule has 2 fully saturated rings. The molecule has 1 aliphatic carbocycles. The Kier molecular flexibility index (Phi) is 6.66. The van der Waals surface area contributed by atoms with Gasteiger partial charge in [-0.2, -0.15) is 0 Å². The van der Waals surface area contributed by atoms with E-state index in [1.165, 1.54) is 0 Å². The Morgan fingerprint density at radius 1 is 1.17 bits per heavy atom. The van der Waals surface area contributed by atoms with Gasteiger partial charge < -0.3 is 23.9 Å². The number of aryl methyl sites for hydroxylation is 1. The van der Waals surface area contributed by atoms with Crippen LogP contribution in [0.2, 0.25) is 0 Å². The van der Waals surface area contributed by atoms with Gasteiger partial charge in [-0.25, -0.2) is 4.79 Å². The Labute approximate surface area is 210 Å². The lowest BCUT2D eigenvalue weighted by Crippen LogP contribution is -2.41. The molecule has 1 amide bonds. The number of ether oxygens (including phenoxy) is 1. The van der Waals surface area contributed by atoms with Crippen molar-refractivity contribution in [2.45, 2.75) is 103 Å². The topological polar surface area (TPSA) is 78.8 Å². The molecule has 35 heavy (non-hydrogen) atoms. The van der Waals surface area contributed by atoms with Crippen molar-refractivity contribution in [3.63, 3.8) is 0 Å². The molecule has 1 saturated heterocycles. The summed E-state index contributed by atoms with van der Waals surface area (Å²) in [6.07, 6.45) is 4.97. The second kappa shape index (κ2) is 8.90. The summed E-state index contributed by atoms with van der Waals surface area (Å²) in [6.45, 7) is 14.3. The zero-order valence-corrected chi connectivity index (χ0v) is 23.1. The molecule has 0 spiro atoms. The molecule has 1 atom stereocenters. The van der Waals surface area contributed by atoms with Crippen molar-refractivity contribution in [2.75, 3.05) is 0 Å². The van der Waals surface area contributed by atoms with Crippen molar-refractivity contribution >= 4 is 44.0 Å². The number of benzene rings is 1. The van der Waals surface area contributed by atoms with Crippen LogP contribution >= 0.6 is 9.24 Å². The van der Waals surface area contributed by atoms with Crippen molar-refractivity contribution < 1.29 is 18.8 Å². The summed E-state index contributed by atoms with van der Waals surface area (Å²) < 4.78 is 19.6. The largest absolute Gasteiger partial charge is 0.495 e. The highest BCUT2D eigenvalue weighted by Crippen LogP contribution is 2.40. The van der Waals surface area contributed by atoms with Gasteiger partial charge in [0.2, 0.25) is 0 Å². The number of carbonyl (C=O) groups excluding carboxylic acids is 1. The third-order valence-corrected chi connectivity index (χ3v) is 7.86. The number of carbonyl (C=O) groups is 1. The molecule has 190 valence electrons. The van der Waals surface area contributed by atoms with E-state index in [9.17, 15) is 9.59 Å². The van der Waals surface area contributed by atoms with Gasteiger partial charge in [0.1, 0.15) is 5.60 Å². The predicted molar refractivity (Wildman–Crippen MR) is 144 cm³/mol. The molecule has 2 heterocycles. The smallest absolute Gasteiger partial charge is 0.444 e. The molecule has 2 aromatic rings. The fraction of sp³-hybridized carbons (Fsp3) is 0.615. The summed E-state index contributed by atoms with van der Waals surface area (Å²) in [6, 6.07) is 5.88. The van der Waals surface area contributed by atoms with Crippen LogP contribution in [0.3, 0.4) is 0 Å². The van der Waals surface area contributed by atoms with E-state index in [2.05, 4.69) is 14.6 Å². The number of hydrogen-bond donors (Lipinski definition) is 1. The fourth-order valence-corrected chi connectivity index (χ4v) is 4.80. The first-order chi connectivity index (χ1) is 16.1. The molecular formula is C26H38BN2O5P. The maximum atomic E-state index is 13.2. The number of fused-ring (bicyclic) bond motifs is 1. The van der Waals surface area contributed by atoms with Crippen molar-refractivity contribution in [2.24, 2.45) is 0 Å². The number of rotatable bonds is 6. The van der Waals surface area contributed by atoms with Crippen LogP contribution in [0.4, 0.5) is 4.79 Å². The van der Waals surface area contributed by atoms with Crippen LogP contribution in [0.15, 0.2) is 29.2 Å². The number of alkyl carbamates (subject to hydrolysis) is 1. The third-order valence-electron chi connectivity index (χ3n) is 7.36. The second-order valence-corrected chi connectivity index (χ2v) is 12.6. The fourth-order valence-electron chi connectivity index (χ4n) is 4.41. The average Bonchev–Trinajstić information content (AvgIpc) is 3.41. The molecule has 2 aliphatic rings. The van der Waals surface area contributed by atoms with Gasteiger partial charge in [-0.1, -0.05) is 6.07 Å². The lowest BCUT2D eigenvalue weighted by molar-refractivity contribution is 0.00578. The zero-order valence-electron chi connectivity index (χ0n) is 22.0. The zero-order chi connectivity index (χ0) is 25.8. The molecule has 7 nitrogen and oxygen atoms in total. The van der Waals surface area contributed by atoms with Gasteiger partial charge >= 0.3 is 13.2 Å². The van der Waals surface area contributed by atoms with Crippen LogP contribution in [0.5, 0.6) is 0 Å². The Hall–Kier alpha value is -1.89. The summed E-state index contributed by atoms with van der Waals surface area (Å²) in [5.74, 6) is 0. The van der Waals surface area contributed by atoms with Crippen molar-refractivity contribution in [1.82, 2.24) is 9.88 Å². The van der Waals surface area contributed by atoms with E-state index < -0.39 is 23.9 Å². The number of hydrogen-bond acceptors (Lipinski definition) is 5. The molecule has 0 bridgehead atoms. The summed E-state index contributed by atoms with van der Waals surface area (Å²) in [5, 5.41) is 5.46. The predicted octanol–water partition coefficient (Wildman–Crippen LogP) is 3.64. The minimum absolute atomic E-state index is 0.0170. The first-order valence-electron chi connectivity index (χ1n) is 12.4. The van der Waals surface area contributed by atoms with Crippen molar-refractivity contribution in [3.05, 3.63) is 34.7 Å². The van der Waals surface area contributed by atoms with Crippen LogP contribution in [0, 0.1) is 0 Å². The average molecular weight is 500 g/mol. The highest BCUT2D eigenvalue weighted by molar-refractivity contribution is 7.28. The Morgan fingerprint density at radius 3 is 2.37 bits per heavy atom. The Balaban J connectivity index is 1.45. The molecule has 1 unspecified atom stereocenters. The second-order valence-electron chi connectivity index (χ2n) is 12.0. The SMILES string of the molecule is CC(C)(C)OC(=O)NC1(CCCn2ccc3cc(B4OC(C)(C)C(C)(C)O4)c(P)cc3c2=O)CC1. The molecule has 4 rings (SSSR count). The van der Waals surface area contributed by atoms with Crippen molar-refractivity contribution in [3.8, 4) is 0 Å². The molecule has 1 aromatic carbocycles. The Bertz CT molecular complexity index is 1180. The summed E-state index contributed by atoms with van der Waals surface area (Å²) in [4.78, 5) is 25.4. The molecule has 1 aromatic heterocycles. The van der Waals surface area contributed by atoms with Crippen LogP contribution in [0.25, 0.3) is 10.8 Å². The molecular weight excluding hydrogens is 462 g/mol. The van der Waals surface area contributed by atoms with Crippen molar-refractivity contribution in [1.29, 1.82) is 0 Å². The summed E-state index contributed by atoms with van der Waals surface area (Å²) in [7, 11) is 2.24. The van der Waals surface area contributed by atoms with Crippen LogP contribution < -0.4 is 21.6 Å². The number of amides is 1. The summed E-state index contributed by atoms with van der Waals surface area (Å²) in [5.41, 5.74) is -0.668. The maximum absolute atomic E-state index is 13.2. The van der Waals surface area contributed by atoms with E-state index in [4.69, 9.17) is 14.0 Å². The molecule has 1 aliphatic heterocycles. The van der Waals surface area contributed by atoms with Gasteiger partial charge in [0.25, 0.3) is 5.56 Å². The lowest BCUT2D eigenvalue weighted by atomic mass is 9.78. The number of nitrogens with one attached hydrogen (secondary N) is 1. The third kappa shape index (κ3) is 5.60. The molecule has 1 saturated carbocycles. The normalized spacial score (nSPS) is 20.2. The van der Waals surface area contributed by atoms with E-state index in [1.807, 2.05) is 72.9 Å². The number of nitrogens with zero attached hydrogens (tertiary/aromatic N) is 1. The van der Waals surface area contributed by atoms with E-state index in [-0.39, 0.29) is 17.2 Å². The van der Waals surface area contributed by atoms with Gasteiger partial charge in [-0.3, -0.25) is 4.79 Å². The maximum Gasteiger partial charge on any atom is 0.495 e. The van der Waals surface area contributed by atoms with Gasteiger partial charge in [-0.05, 0) is 102 Å². The monoisotopic (exact) mass is 500 g/mol. The quantitative estimate of drug-likeness (QED) is 0.484. The van der Waals surface area contributed by atoms with E-state index in [1.54, 1.807) is 4.57 Å². The van der Waals surface area contributed by atoms with Gasteiger partial charge in [-0.15, -0.1) is 9.24 Å². The molecule has 1 N–H and O–H groups in total. The van der Waals surface area contributed by atoms with Crippen LogP contribution in [-0.4, -0.2) is 40.1 Å². The van der Waals surface area contributed by atoms with E-state index in [0.717, 1.165) is 41.8 Å². The number of pyridine rings is 1. The lowest BCUT2D eigenvalue weighted by Gasteiger charge is -2.32. The van der Waals surface area contributed by atoms with Crippen LogP contribution in [-0.2, 0) is 20.6 Å². The first kappa shape index (κ1) is 26.2. The standard InChI is InChI=1S/C26H38BN2O5P/c1-23(2,3)32-22(31)28-26(11-12-26)10-8-13-29-14-9-17-15-19(20(35)16-18(17)21(29)30)27-33-24(4,5)25(6,7)34-27/h9,14-16H,8,10-13,35H2,1-7H3,(H,28,31).